The monoisotopic (exact) mass is 281 g/mol. The molecule has 21 heavy (non-hydrogen) atoms. The van der Waals surface area contributed by atoms with Crippen LogP contribution in [0.2, 0.25) is 0 Å². The zero-order valence-corrected chi connectivity index (χ0v) is 12.1. The Morgan fingerprint density at radius 3 is 2.38 bits per heavy atom. The summed E-state index contributed by atoms with van der Waals surface area (Å²) in [6.07, 6.45) is 6.35. The van der Waals surface area contributed by atoms with Crippen molar-refractivity contribution in [3.63, 3.8) is 0 Å². The summed E-state index contributed by atoms with van der Waals surface area (Å²) in [5, 5.41) is 3.71. The highest BCUT2D eigenvalue weighted by molar-refractivity contribution is 5.63. The summed E-state index contributed by atoms with van der Waals surface area (Å²) in [5.74, 6) is -0.160. The minimum absolute atomic E-state index is 0.160. The lowest BCUT2D eigenvalue weighted by molar-refractivity contribution is 0.270. The summed E-state index contributed by atoms with van der Waals surface area (Å²) < 4.78 is 13.2. The molecule has 1 aliphatic heterocycles. The van der Waals surface area contributed by atoms with Gasteiger partial charge in [0.25, 0.3) is 0 Å². The number of benzene rings is 2. The second-order valence-electron chi connectivity index (χ2n) is 6.39. The largest absolute Gasteiger partial charge is 0.377 e. The highest BCUT2D eigenvalue weighted by Crippen LogP contribution is 2.55. The van der Waals surface area contributed by atoms with E-state index < -0.39 is 0 Å². The number of nitrogens with one attached hydrogen (secondary N) is 1. The summed E-state index contributed by atoms with van der Waals surface area (Å²) >= 11 is 0. The fraction of sp³-hybridized carbons (Fsp3) is 0.368. The van der Waals surface area contributed by atoms with E-state index in [2.05, 4.69) is 29.6 Å². The molecule has 1 nitrogen and oxygen atoms in total. The Labute approximate surface area is 125 Å². The van der Waals surface area contributed by atoms with Crippen LogP contribution in [0.5, 0.6) is 0 Å². The van der Waals surface area contributed by atoms with Crippen molar-refractivity contribution in [3.8, 4) is 0 Å². The lowest BCUT2D eigenvalue weighted by Crippen LogP contribution is -2.34. The normalized spacial score (nSPS) is 22.8. The van der Waals surface area contributed by atoms with Gasteiger partial charge in [-0.05, 0) is 42.2 Å². The second kappa shape index (κ2) is 4.87. The zero-order chi connectivity index (χ0) is 14.3. The van der Waals surface area contributed by atoms with E-state index in [-0.39, 0.29) is 17.3 Å². The summed E-state index contributed by atoms with van der Waals surface area (Å²) in [7, 11) is 0. The van der Waals surface area contributed by atoms with Crippen LogP contribution < -0.4 is 5.32 Å². The maximum absolute atomic E-state index is 13.2. The van der Waals surface area contributed by atoms with Gasteiger partial charge in [-0.2, -0.15) is 0 Å². The molecule has 2 aliphatic rings. The SMILES string of the molecule is Fc1ccc([C@H]2Nc3ccccc3C23CCCCC3)cc1. The van der Waals surface area contributed by atoms with Crippen LogP contribution in [0.3, 0.4) is 0 Å². The highest BCUT2D eigenvalue weighted by atomic mass is 19.1. The van der Waals surface area contributed by atoms with Crippen molar-refractivity contribution in [3.05, 3.63) is 65.5 Å². The van der Waals surface area contributed by atoms with Gasteiger partial charge in [-0.1, -0.05) is 49.6 Å². The molecule has 4 rings (SSSR count). The molecule has 0 amide bonds. The Hall–Kier alpha value is -1.83. The van der Waals surface area contributed by atoms with Gasteiger partial charge < -0.3 is 5.32 Å². The van der Waals surface area contributed by atoms with Gasteiger partial charge in [-0.15, -0.1) is 0 Å². The van der Waals surface area contributed by atoms with Crippen molar-refractivity contribution < 1.29 is 4.39 Å². The number of hydrogen-bond acceptors (Lipinski definition) is 1. The van der Waals surface area contributed by atoms with E-state index in [9.17, 15) is 4.39 Å². The molecule has 1 saturated carbocycles. The fourth-order valence-electron chi connectivity index (χ4n) is 4.29. The molecule has 0 saturated heterocycles. The molecule has 2 aromatic carbocycles. The summed E-state index contributed by atoms with van der Waals surface area (Å²) in [6.45, 7) is 0. The van der Waals surface area contributed by atoms with Crippen LogP contribution in [0.1, 0.15) is 49.3 Å². The summed E-state index contributed by atoms with van der Waals surface area (Å²) in [4.78, 5) is 0. The standard InChI is InChI=1S/C19H20FN/c20-15-10-8-14(9-11-15)18-19(12-4-1-5-13-19)16-6-2-3-7-17(16)21-18/h2-3,6-11,18,21H,1,4-5,12-13H2/t18-/m1/s1. The molecule has 0 bridgehead atoms. The first-order chi connectivity index (χ1) is 10.3. The van der Waals surface area contributed by atoms with Gasteiger partial charge in [0, 0.05) is 11.1 Å². The number of rotatable bonds is 1. The van der Waals surface area contributed by atoms with E-state index in [4.69, 9.17) is 0 Å². The molecule has 0 unspecified atom stereocenters. The van der Waals surface area contributed by atoms with E-state index in [1.165, 1.54) is 48.9 Å². The van der Waals surface area contributed by atoms with Gasteiger partial charge >= 0.3 is 0 Å². The second-order valence-corrected chi connectivity index (χ2v) is 6.39. The van der Waals surface area contributed by atoms with E-state index in [1.54, 1.807) is 12.1 Å². The topological polar surface area (TPSA) is 12.0 Å². The van der Waals surface area contributed by atoms with Gasteiger partial charge in [0.05, 0.1) is 6.04 Å². The molecule has 108 valence electrons. The minimum atomic E-state index is -0.160. The molecular weight excluding hydrogens is 261 g/mol. The molecule has 1 aliphatic carbocycles. The predicted octanol–water partition coefficient (Wildman–Crippen LogP) is 5.19. The summed E-state index contributed by atoms with van der Waals surface area (Å²) in [6, 6.07) is 16.0. The zero-order valence-electron chi connectivity index (χ0n) is 12.1. The molecule has 1 N–H and O–H groups in total. The number of fused-ring (bicyclic) bond motifs is 2. The Morgan fingerprint density at radius 1 is 0.905 bits per heavy atom. The first kappa shape index (κ1) is 12.9. The van der Waals surface area contributed by atoms with E-state index in [0.717, 1.165) is 0 Å². The molecule has 0 radical (unpaired) electrons. The smallest absolute Gasteiger partial charge is 0.123 e. The van der Waals surface area contributed by atoms with Crippen molar-refractivity contribution in [1.29, 1.82) is 0 Å². The lowest BCUT2D eigenvalue weighted by atomic mass is 9.65. The highest BCUT2D eigenvalue weighted by Gasteiger charge is 2.47. The average Bonchev–Trinajstić information content (AvgIpc) is 2.84. The Kier molecular flexibility index (Phi) is 2.99. The number of para-hydroxylation sites is 1. The van der Waals surface area contributed by atoms with Gasteiger partial charge in [0.1, 0.15) is 5.82 Å². The summed E-state index contributed by atoms with van der Waals surface area (Å²) in [5.41, 5.74) is 4.11. The van der Waals surface area contributed by atoms with Crippen LogP contribution in [0, 0.1) is 5.82 Å². The molecule has 1 fully saturated rings. The lowest BCUT2D eigenvalue weighted by Gasteiger charge is -2.39. The van der Waals surface area contributed by atoms with Gasteiger partial charge in [-0.25, -0.2) is 4.39 Å². The van der Waals surface area contributed by atoms with Crippen molar-refractivity contribution >= 4 is 5.69 Å². The Bertz CT molecular complexity index is 641. The van der Waals surface area contributed by atoms with Gasteiger partial charge in [0.2, 0.25) is 0 Å². The average molecular weight is 281 g/mol. The van der Waals surface area contributed by atoms with Crippen molar-refractivity contribution in [1.82, 2.24) is 0 Å². The van der Waals surface area contributed by atoms with Crippen LogP contribution in [0.15, 0.2) is 48.5 Å². The van der Waals surface area contributed by atoms with Gasteiger partial charge in [0.15, 0.2) is 0 Å². The maximum atomic E-state index is 13.2. The predicted molar refractivity (Wildman–Crippen MR) is 84.0 cm³/mol. The molecule has 2 aromatic rings. The van der Waals surface area contributed by atoms with Crippen molar-refractivity contribution in [2.45, 2.75) is 43.6 Å². The molecular formula is C19H20FN. The first-order valence-electron chi connectivity index (χ1n) is 7.91. The fourth-order valence-corrected chi connectivity index (χ4v) is 4.29. The van der Waals surface area contributed by atoms with Crippen molar-refractivity contribution in [2.24, 2.45) is 0 Å². The third-order valence-electron chi connectivity index (χ3n) is 5.27. The molecule has 1 spiro atoms. The number of hydrogen-bond donors (Lipinski definition) is 1. The Morgan fingerprint density at radius 2 is 1.62 bits per heavy atom. The Balaban J connectivity index is 1.82. The molecule has 2 heteroatoms. The van der Waals surface area contributed by atoms with Crippen LogP contribution in [-0.4, -0.2) is 0 Å². The first-order valence-corrected chi connectivity index (χ1v) is 7.91. The van der Waals surface area contributed by atoms with Crippen LogP contribution in [0.25, 0.3) is 0 Å². The minimum Gasteiger partial charge on any atom is -0.377 e. The number of anilines is 1. The van der Waals surface area contributed by atoms with Crippen LogP contribution >= 0.6 is 0 Å². The van der Waals surface area contributed by atoms with Crippen LogP contribution in [-0.2, 0) is 5.41 Å². The molecule has 1 heterocycles. The molecule has 0 aromatic heterocycles. The van der Waals surface area contributed by atoms with E-state index in [0.29, 0.717) is 0 Å². The van der Waals surface area contributed by atoms with E-state index in [1.807, 2.05) is 12.1 Å². The van der Waals surface area contributed by atoms with Gasteiger partial charge in [-0.3, -0.25) is 0 Å². The maximum Gasteiger partial charge on any atom is 0.123 e. The third-order valence-corrected chi connectivity index (χ3v) is 5.27. The van der Waals surface area contributed by atoms with Crippen molar-refractivity contribution in [2.75, 3.05) is 5.32 Å². The van der Waals surface area contributed by atoms with E-state index >= 15 is 0 Å². The van der Waals surface area contributed by atoms with Crippen LogP contribution in [0.4, 0.5) is 10.1 Å². The number of halogens is 1. The molecule has 1 atom stereocenters. The third kappa shape index (κ3) is 1.97. The quantitative estimate of drug-likeness (QED) is 0.758.